The third-order valence-corrected chi connectivity index (χ3v) is 24.7. The first-order valence-corrected chi connectivity index (χ1v) is 36.4. The molecule has 2 unspecified atom stereocenters. The number of rotatable bonds is 21. The SMILES string of the molecule is CCCCN(c1cc2ccccc2s1)S(=O)(=O)c1ccc(/C(N)=N/O)cc1.CCCCN(c1cc2ccccc2s1)S(=O)(=O)c1ccc(C2=NS(=O)ON2)cc1.CCCCN(c1sc2ccccc2c1Br)S(=O)(=O)c1ccc(C2=NS(=O)ON2)cc1. The number of nitrogens with one attached hydrogen (secondary N) is 2. The van der Waals surface area contributed by atoms with Crippen LogP contribution in [-0.2, 0) is 61.2 Å². The van der Waals surface area contributed by atoms with E-state index in [-0.39, 0.29) is 20.5 Å². The number of hydrogen-bond acceptors (Lipinski definition) is 17. The first-order chi connectivity index (χ1) is 41.4. The Bertz CT molecular complexity index is 4300. The van der Waals surface area contributed by atoms with Gasteiger partial charge >= 0.3 is 22.5 Å². The molecule has 0 saturated carbocycles. The number of anilines is 3. The number of thiophene rings is 3. The molecular formula is C57H58BrN9O11S8. The first kappa shape index (κ1) is 63.9. The van der Waals surface area contributed by atoms with E-state index >= 15 is 0 Å². The van der Waals surface area contributed by atoms with Gasteiger partial charge in [-0.2, -0.15) is 8.57 Å². The number of amidine groups is 3. The lowest BCUT2D eigenvalue weighted by Crippen LogP contribution is -2.31. The van der Waals surface area contributed by atoms with E-state index in [9.17, 15) is 33.7 Å². The number of hydrogen-bond donors (Lipinski definition) is 4. The average Bonchev–Trinajstić information content (AvgIpc) is 1.89. The molecule has 0 radical (unpaired) electrons. The summed E-state index contributed by atoms with van der Waals surface area (Å²) in [6.45, 7) is 7.30. The van der Waals surface area contributed by atoms with Crippen LogP contribution >= 0.6 is 49.9 Å². The monoisotopic (exact) mass is 1380 g/mol. The van der Waals surface area contributed by atoms with Crippen molar-refractivity contribution in [3.63, 3.8) is 0 Å². The standard InChI is InChI=1S/C19H18BrN3O4S3.C19H19N3O4S3.C19H21N3O3S2/c1-2-3-12-23(19-17(20)15-6-4-5-7-16(15)28-19)30(25,26)14-10-8-13(9-11-14)18-21-27-29(24)22-18;1-2-3-12-22(18-13-15-6-4-5-7-17(15)27-18)29(24,25)16-10-8-14(9-11-16)19-20-26-28(23)21-19;1-2-3-12-22(18-13-15-6-4-5-7-17(15)26-18)27(24,25)16-10-8-14(9-11-16)19(20)21-23/h4-11H,2-3,12H2,1H3,(H,21,22);4-11,13H,2-3,12H2,1H3,(H,20,21);4-11,13,23H,2-3,12H2,1H3,(H2,20,21). The van der Waals surface area contributed by atoms with Crippen LogP contribution in [0.3, 0.4) is 0 Å². The predicted molar refractivity (Wildman–Crippen MR) is 351 cm³/mol. The van der Waals surface area contributed by atoms with Crippen molar-refractivity contribution in [3.05, 3.63) is 179 Å². The molecule has 11 rings (SSSR count). The maximum absolute atomic E-state index is 13.5. The smallest absolute Gasteiger partial charge is 0.309 e. The second kappa shape index (κ2) is 28.5. The molecule has 0 fully saturated rings. The number of oxime groups is 1. The number of hydroxylamine groups is 2. The number of halogens is 1. The van der Waals surface area contributed by atoms with Crippen molar-refractivity contribution in [3.8, 4) is 0 Å². The van der Waals surface area contributed by atoms with E-state index < -0.39 is 52.6 Å². The summed E-state index contributed by atoms with van der Waals surface area (Å²) in [6, 6.07) is 46.0. The van der Waals surface area contributed by atoms with Gasteiger partial charge < -0.3 is 10.9 Å². The van der Waals surface area contributed by atoms with Gasteiger partial charge in [-0.15, -0.1) is 42.8 Å². The molecule has 9 aromatic rings. The van der Waals surface area contributed by atoms with Gasteiger partial charge in [-0.1, -0.05) is 99.8 Å². The van der Waals surface area contributed by atoms with Crippen LogP contribution in [-0.4, -0.2) is 76.0 Å². The number of nitrogens with zero attached hydrogens (tertiary/aromatic N) is 6. The molecule has 86 heavy (non-hydrogen) atoms. The zero-order valence-electron chi connectivity index (χ0n) is 46.3. The van der Waals surface area contributed by atoms with E-state index in [0.29, 0.717) is 63.0 Å². The maximum atomic E-state index is 13.5. The van der Waals surface area contributed by atoms with Gasteiger partial charge in [-0.05, 0) is 149 Å². The Morgan fingerprint density at radius 3 is 1.33 bits per heavy atom. The molecule has 0 saturated heterocycles. The molecule has 0 bridgehead atoms. The fraction of sp³-hybridized carbons (Fsp3) is 0.211. The number of unbranched alkanes of at least 4 members (excludes halogenated alkanes) is 3. The van der Waals surface area contributed by atoms with Crippen LogP contribution in [0, 0.1) is 0 Å². The minimum atomic E-state index is -3.79. The molecule has 0 spiro atoms. The Kier molecular flexibility index (Phi) is 21.1. The highest BCUT2D eigenvalue weighted by Gasteiger charge is 2.31. The largest absolute Gasteiger partial charge is 0.409 e. The van der Waals surface area contributed by atoms with Gasteiger partial charge in [0.15, 0.2) is 17.5 Å². The zero-order valence-corrected chi connectivity index (χ0v) is 54.4. The lowest BCUT2D eigenvalue weighted by atomic mass is 10.2. The molecule has 2 aliphatic rings. The maximum Gasteiger partial charge on any atom is 0.309 e. The Hall–Kier alpha value is -6.64. The van der Waals surface area contributed by atoms with Crippen LogP contribution in [0.25, 0.3) is 30.3 Å². The molecular weight excluding hydrogens is 1320 g/mol. The zero-order chi connectivity index (χ0) is 61.2. The molecule has 0 aliphatic carbocycles. The normalized spacial score (nSPS) is 15.2. The van der Waals surface area contributed by atoms with Gasteiger partial charge in [0.25, 0.3) is 30.1 Å². The summed E-state index contributed by atoms with van der Waals surface area (Å²) < 4.78 is 128. The third-order valence-electron chi connectivity index (χ3n) is 13.2. The number of fused-ring (bicyclic) bond motifs is 3. The molecule has 20 nitrogen and oxygen atoms in total. The van der Waals surface area contributed by atoms with E-state index in [2.05, 4.69) is 49.4 Å². The van der Waals surface area contributed by atoms with Crippen molar-refractivity contribution in [1.29, 1.82) is 0 Å². The molecule has 5 heterocycles. The summed E-state index contributed by atoms with van der Waals surface area (Å²) in [5.41, 5.74) is 12.1. The minimum absolute atomic E-state index is 0.0636. The van der Waals surface area contributed by atoms with Crippen LogP contribution in [0.5, 0.6) is 0 Å². The van der Waals surface area contributed by atoms with Gasteiger partial charge in [0, 0.05) is 55.8 Å². The second-order valence-corrected chi connectivity index (χ2v) is 30.1. The lowest BCUT2D eigenvalue weighted by molar-refractivity contribution is 0.305. The van der Waals surface area contributed by atoms with Gasteiger partial charge in [0.2, 0.25) is 0 Å². The molecule has 3 aromatic heterocycles. The highest BCUT2D eigenvalue weighted by molar-refractivity contribution is 9.11. The van der Waals surface area contributed by atoms with Crippen molar-refractivity contribution < 1.29 is 47.4 Å². The Morgan fingerprint density at radius 1 is 0.558 bits per heavy atom. The topological polar surface area (TPSA) is 272 Å². The summed E-state index contributed by atoms with van der Waals surface area (Å²) >= 11 is 4.45. The van der Waals surface area contributed by atoms with Crippen LogP contribution in [0.15, 0.2) is 191 Å². The van der Waals surface area contributed by atoms with Crippen molar-refractivity contribution in [2.24, 2.45) is 19.7 Å². The Balaban J connectivity index is 0.000000154. The predicted octanol–water partition coefficient (Wildman–Crippen LogP) is 12.3. The number of nitrogens with two attached hydrogens (primary N) is 1. The molecule has 0 amide bonds. The first-order valence-electron chi connectivity index (χ1n) is 26.8. The minimum Gasteiger partial charge on any atom is -0.409 e. The molecule has 6 aromatic carbocycles. The molecule has 452 valence electrons. The highest BCUT2D eigenvalue weighted by Crippen LogP contribution is 2.44. The molecule has 5 N–H and O–H groups in total. The summed E-state index contributed by atoms with van der Waals surface area (Å²) in [5.74, 6) is 0.540. The Morgan fingerprint density at radius 2 is 0.942 bits per heavy atom. The van der Waals surface area contributed by atoms with E-state index in [1.807, 2.05) is 106 Å². The fourth-order valence-corrected chi connectivity index (χ4v) is 19.1. The van der Waals surface area contributed by atoms with E-state index in [4.69, 9.17) is 10.9 Å². The molecule has 2 aliphatic heterocycles. The van der Waals surface area contributed by atoms with Crippen molar-refractivity contribution in [1.82, 2.24) is 11.0 Å². The second-order valence-electron chi connectivity index (χ2n) is 19.0. The summed E-state index contributed by atoms with van der Waals surface area (Å²) in [6.07, 6.45) is 4.90. The Labute approximate surface area is 524 Å². The lowest BCUT2D eigenvalue weighted by Gasteiger charge is -2.23. The molecule has 2 atom stereocenters. The van der Waals surface area contributed by atoms with E-state index in [1.54, 1.807) is 24.3 Å². The van der Waals surface area contributed by atoms with Crippen LogP contribution in [0.1, 0.15) is 76.0 Å². The van der Waals surface area contributed by atoms with Crippen molar-refractivity contribution in [2.45, 2.75) is 74.0 Å². The summed E-state index contributed by atoms with van der Waals surface area (Å²) in [4.78, 5) is 0.536. The summed E-state index contributed by atoms with van der Waals surface area (Å²) in [5, 5.41) is 16.8. The van der Waals surface area contributed by atoms with Gasteiger partial charge in [-0.3, -0.25) is 12.9 Å². The van der Waals surface area contributed by atoms with Crippen LogP contribution < -0.4 is 29.6 Å². The quantitative estimate of drug-likeness (QED) is 0.0225. The molecule has 29 heteroatoms. The third kappa shape index (κ3) is 14.5. The van der Waals surface area contributed by atoms with Gasteiger partial charge in [0.05, 0.1) is 19.2 Å². The summed E-state index contributed by atoms with van der Waals surface area (Å²) in [7, 11) is -11.2. The highest BCUT2D eigenvalue weighted by atomic mass is 79.9. The average molecular weight is 1380 g/mol. The fourth-order valence-electron chi connectivity index (χ4n) is 8.68. The van der Waals surface area contributed by atoms with E-state index in [1.165, 1.54) is 95.5 Å². The number of sulfonamides is 3. The van der Waals surface area contributed by atoms with Gasteiger partial charge in [0.1, 0.15) is 15.0 Å². The van der Waals surface area contributed by atoms with Crippen molar-refractivity contribution in [2.75, 3.05) is 32.5 Å². The van der Waals surface area contributed by atoms with Crippen molar-refractivity contribution >= 4 is 165 Å². The van der Waals surface area contributed by atoms with Crippen LogP contribution in [0.2, 0.25) is 0 Å². The number of benzene rings is 6. The van der Waals surface area contributed by atoms with Gasteiger partial charge in [-0.25, -0.2) is 44.6 Å². The van der Waals surface area contributed by atoms with E-state index in [0.717, 1.165) is 73.3 Å². The van der Waals surface area contributed by atoms with Crippen LogP contribution in [0.4, 0.5) is 15.0 Å².